The number of piperidine rings is 1. The molecule has 0 saturated carbocycles. The van der Waals surface area contributed by atoms with Crippen molar-refractivity contribution in [3.05, 3.63) is 28.8 Å². The van der Waals surface area contributed by atoms with Gasteiger partial charge in [0.1, 0.15) is 0 Å². The first-order valence-electron chi connectivity index (χ1n) is 6.70. The fourth-order valence-corrected chi connectivity index (χ4v) is 4.31. The van der Waals surface area contributed by atoms with Crippen molar-refractivity contribution in [1.29, 1.82) is 0 Å². The van der Waals surface area contributed by atoms with Crippen LogP contribution >= 0.6 is 11.6 Å². The lowest BCUT2D eigenvalue weighted by Crippen LogP contribution is -2.44. The highest BCUT2D eigenvalue weighted by atomic mass is 35.5. The molecule has 0 atom stereocenters. The normalized spacial score (nSPS) is 18.6. The average molecular weight is 357 g/mol. The van der Waals surface area contributed by atoms with Gasteiger partial charge in [-0.3, -0.25) is 0 Å². The average Bonchev–Trinajstić information content (AvgIpc) is 2.46. The Labute approximate surface area is 132 Å². The van der Waals surface area contributed by atoms with Crippen LogP contribution in [0.2, 0.25) is 5.02 Å². The molecular formula is C13H16ClF3N2O2S. The molecule has 0 aromatic heterocycles. The van der Waals surface area contributed by atoms with Crippen molar-refractivity contribution >= 4 is 21.6 Å². The maximum Gasteiger partial charge on any atom is 0.417 e. The summed E-state index contributed by atoms with van der Waals surface area (Å²) in [5.74, 6) is 0. The van der Waals surface area contributed by atoms with Crippen LogP contribution in [0.1, 0.15) is 18.4 Å². The fourth-order valence-electron chi connectivity index (χ4n) is 2.47. The molecule has 1 fully saturated rings. The Balaban J connectivity index is 2.38. The van der Waals surface area contributed by atoms with E-state index in [1.54, 1.807) is 7.05 Å². The summed E-state index contributed by atoms with van der Waals surface area (Å²) in [6.45, 7) is 0.377. The highest BCUT2D eigenvalue weighted by Crippen LogP contribution is 2.37. The van der Waals surface area contributed by atoms with E-state index in [0.29, 0.717) is 18.9 Å². The quantitative estimate of drug-likeness (QED) is 0.906. The van der Waals surface area contributed by atoms with Gasteiger partial charge in [0.2, 0.25) is 10.0 Å². The van der Waals surface area contributed by atoms with Gasteiger partial charge in [-0.15, -0.1) is 0 Å². The SMILES string of the molecule is CNC1CCN(S(=O)(=O)c2ccc(Cl)cc2C(F)(F)F)CC1. The minimum absolute atomic E-state index is 0.153. The van der Waals surface area contributed by atoms with E-state index in [2.05, 4.69) is 5.32 Å². The highest BCUT2D eigenvalue weighted by Gasteiger charge is 2.40. The third-order valence-corrected chi connectivity index (χ3v) is 5.92. The van der Waals surface area contributed by atoms with Gasteiger partial charge < -0.3 is 5.32 Å². The molecule has 1 aliphatic heterocycles. The molecule has 124 valence electrons. The number of rotatable bonds is 3. The molecule has 0 unspecified atom stereocenters. The van der Waals surface area contributed by atoms with E-state index in [1.165, 1.54) is 0 Å². The van der Waals surface area contributed by atoms with Gasteiger partial charge in [0.15, 0.2) is 0 Å². The van der Waals surface area contributed by atoms with Crippen LogP contribution in [-0.2, 0) is 16.2 Å². The van der Waals surface area contributed by atoms with Crippen molar-refractivity contribution in [2.75, 3.05) is 20.1 Å². The van der Waals surface area contributed by atoms with Gasteiger partial charge in [0.25, 0.3) is 0 Å². The van der Waals surface area contributed by atoms with E-state index >= 15 is 0 Å². The molecule has 0 spiro atoms. The van der Waals surface area contributed by atoms with Crippen molar-refractivity contribution in [2.45, 2.75) is 30.0 Å². The Kier molecular flexibility index (Phi) is 5.06. The van der Waals surface area contributed by atoms with E-state index in [9.17, 15) is 21.6 Å². The van der Waals surface area contributed by atoms with Crippen molar-refractivity contribution < 1.29 is 21.6 Å². The zero-order valence-electron chi connectivity index (χ0n) is 11.8. The Bertz CT molecular complexity index is 641. The van der Waals surface area contributed by atoms with Gasteiger partial charge >= 0.3 is 6.18 Å². The van der Waals surface area contributed by atoms with Crippen LogP contribution in [0, 0.1) is 0 Å². The number of benzene rings is 1. The van der Waals surface area contributed by atoms with Crippen LogP contribution in [0.5, 0.6) is 0 Å². The molecule has 0 amide bonds. The molecule has 0 bridgehead atoms. The molecular weight excluding hydrogens is 341 g/mol. The van der Waals surface area contributed by atoms with Gasteiger partial charge in [-0.2, -0.15) is 17.5 Å². The molecule has 2 rings (SSSR count). The molecule has 1 aromatic rings. The molecule has 1 aromatic carbocycles. The van der Waals surface area contributed by atoms with E-state index in [4.69, 9.17) is 11.6 Å². The predicted octanol–water partition coefficient (Wildman–Crippen LogP) is 2.73. The first kappa shape index (κ1) is 17.5. The van der Waals surface area contributed by atoms with Crippen molar-refractivity contribution in [1.82, 2.24) is 9.62 Å². The maximum absolute atomic E-state index is 13.1. The summed E-state index contributed by atoms with van der Waals surface area (Å²) in [6.07, 6.45) is -3.66. The summed E-state index contributed by atoms with van der Waals surface area (Å²) in [5.41, 5.74) is -1.23. The van der Waals surface area contributed by atoms with E-state index in [1.807, 2.05) is 0 Å². The molecule has 22 heavy (non-hydrogen) atoms. The highest BCUT2D eigenvalue weighted by molar-refractivity contribution is 7.89. The lowest BCUT2D eigenvalue weighted by atomic mass is 10.1. The minimum Gasteiger partial charge on any atom is -0.317 e. The van der Waals surface area contributed by atoms with Gasteiger partial charge in [-0.05, 0) is 38.1 Å². The van der Waals surface area contributed by atoms with Gasteiger partial charge in [-0.25, -0.2) is 8.42 Å². The number of nitrogens with zero attached hydrogens (tertiary/aromatic N) is 1. The fraction of sp³-hybridized carbons (Fsp3) is 0.538. The van der Waals surface area contributed by atoms with Crippen LogP contribution in [-0.4, -0.2) is 38.9 Å². The molecule has 0 aliphatic carbocycles. The van der Waals surface area contributed by atoms with Crippen LogP contribution in [0.4, 0.5) is 13.2 Å². The Morgan fingerprint density at radius 1 is 1.27 bits per heavy atom. The van der Waals surface area contributed by atoms with Crippen molar-refractivity contribution in [2.24, 2.45) is 0 Å². The molecule has 0 radical (unpaired) electrons. The van der Waals surface area contributed by atoms with Crippen LogP contribution < -0.4 is 5.32 Å². The van der Waals surface area contributed by atoms with Crippen LogP contribution in [0.15, 0.2) is 23.1 Å². The zero-order chi connectivity index (χ0) is 16.5. The standard InChI is InChI=1S/C13H16ClF3N2O2S/c1-18-10-4-6-19(7-5-10)22(20,21)12-3-2-9(14)8-11(12)13(15,16)17/h2-3,8,10,18H,4-7H2,1H3. The molecule has 9 heteroatoms. The van der Waals surface area contributed by atoms with E-state index in [0.717, 1.165) is 16.4 Å². The summed E-state index contributed by atoms with van der Waals surface area (Å²) in [6, 6.07) is 2.91. The van der Waals surface area contributed by atoms with Crippen molar-refractivity contribution in [3.8, 4) is 0 Å². The molecule has 4 nitrogen and oxygen atoms in total. The summed E-state index contributed by atoms with van der Waals surface area (Å²) < 4.78 is 65.4. The van der Waals surface area contributed by atoms with E-state index in [-0.39, 0.29) is 24.2 Å². The van der Waals surface area contributed by atoms with E-state index < -0.39 is 26.7 Å². The van der Waals surface area contributed by atoms with Gasteiger partial charge in [0, 0.05) is 24.2 Å². The first-order valence-corrected chi connectivity index (χ1v) is 8.52. The Morgan fingerprint density at radius 3 is 2.36 bits per heavy atom. The predicted molar refractivity (Wildman–Crippen MR) is 77.3 cm³/mol. The molecule has 1 heterocycles. The third-order valence-electron chi connectivity index (χ3n) is 3.73. The maximum atomic E-state index is 13.1. The van der Waals surface area contributed by atoms with Crippen LogP contribution in [0.25, 0.3) is 0 Å². The molecule has 1 aliphatic rings. The Morgan fingerprint density at radius 2 is 1.86 bits per heavy atom. The summed E-state index contributed by atoms with van der Waals surface area (Å²) >= 11 is 5.58. The second-order valence-electron chi connectivity index (χ2n) is 5.11. The third kappa shape index (κ3) is 3.56. The monoisotopic (exact) mass is 356 g/mol. The first-order chi connectivity index (χ1) is 10.2. The summed E-state index contributed by atoms with van der Waals surface area (Å²) in [5, 5.41) is 2.89. The number of hydrogen-bond acceptors (Lipinski definition) is 3. The van der Waals surface area contributed by atoms with Crippen molar-refractivity contribution in [3.63, 3.8) is 0 Å². The summed E-state index contributed by atoms with van der Waals surface area (Å²) in [4.78, 5) is -0.743. The van der Waals surface area contributed by atoms with Gasteiger partial charge in [-0.1, -0.05) is 11.6 Å². The Hall–Kier alpha value is -0.830. The number of hydrogen-bond donors (Lipinski definition) is 1. The second kappa shape index (κ2) is 6.35. The lowest BCUT2D eigenvalue weighted by Gasteiger charge is -2.31. The second-order valence-corrected chi connectivity index (χ2v) is 7.45. The van der Waals surface area contributed by atoms with Gasteiger partial charge in [0.05, 0.1) is 10.5 Å². The lowest BCUT2D eigenvalue weighted by molar-refractivity contribution is -0.139. The topological polar surface area (TPSA) is 49.4 Å². The largest absolute Gasteiger partial charge is 0.417 e. The molecule has 1 saturated heterocycles. The van der Waals surface area contributed by atoms with Crippen LogP contribution in [0.3, 0.4) is 0 Å². The number of halogens is 4. The number of nitrogens with one attached hydrogen (secondary N) is 1. The minimum atomic E-state index is -4.78. The summed E-state index contributed by atoms with van der Waals surface area (Å²) in [7, 11) is -2.42. The number of alkyl halides is 3. The number of sulfonamides is 1. The smallest absolute Gasteiger partial charge is 0.317 e. The zero-order valence-corrected chi connectivity index (χ0v) is 13.4. The molecule has 1 N–H and O–H groups in total.